The quantitative estimate of drug-likeness (QED) is 0.168. The number of furan rings is 2. The highest BCUT2D eigenvalue weighted by molar-refractivity contribution is 6.31. The summed E-state index contributed by atoms with van der Waals surface area (Å²) in [5, 5.41) is 6.80. The van der Waals surface area contributed by atoms with Crippen LogP contribution in [-0.2, 0) is 5.41 Å². The first-order chi connectivity index (χ1) is 30.7. The zero-order valence-electron chi connectivity index (χ0n) is 33.6. The van der Waals surface area contributed by atoms with E-state index in [1.165, 1.54) is 44.2 Å². The summed E-state index contributed by atoms with van der Waals surface area (Å²) in [7, 11) is 0. The van der Waals surface area contributed by atoms with E-state index >= 15 is 0 Å². The van der Waals surface area contributed by atoms with E-state index in [0.717, 1.165) is 72.1 Å². The molecule has 1 aliphatic carbocycles. The van der Waals surface area contributed by atoms with Gasteiger partial charge in [-0.25, -0.2) is 0 Å². The van der Waals surface area contributed by atoms with Crippen LogP contribution in [0.3, 0.4) is 0 Å². The van der Waals surface area contributed by atoms with E-state index in [1.54, 1.807) is 0 Å². The number of hydrogen-bond acceptors (Lipinski definition) is 3. The monoisotopic (exact) mass is 791 g/mol. The molecule has 290 valence electrons. The third-order valence-corrected chi connectivity index (χ3v) is 13.1. The second-order valence-electron chi connectivity index (χ2n) is 16.4. The Morgan fingerprint density at radius 2 is 0.871 bits per heavy atom. The second-order valence-corrected chi connectivity index (χ2v) is 16.4. The summed E-state index contributed by atoms with van der Waals surface area (Å²) in [4.78, 5) is 2.38. The van der Waals surface area contributed by atoms with Gasteiger partial charge in [0, 0.05) is 44.0 Å². The largest absolute Gasteiger partial charge is 0.456 e. The van der Waals surface area contributed by atoms with Crippen LogP contribution in [-0.4, -0.2) is 0 Å². The topological polar surface area (TPSA) is 29.5 Å². The maximum Gasteiger partial charge on any atom is 0.136 e. The van der Waals surface area contributed by atoms with E-state index in [-0.39, 0.29) is 0 Å². The van der Waals surface area contributed by atoms with Gasteiger partial charge in [0.1, 0.15) is 22.3 Å². The van der Waals surface area contributed by atoms with Crippen LogP contribution in [0.25, 0.3) is 76.9 Å². The Bertz CT molecular complexity index is 3640. The maximum absolute atomic E-state index is 6.64. The fourth-order valence-electron chi connectivity index (χ4n) is 10.5. The lowest BCUT2D eigenvalue weighted by atomic mass is 9.67. The smallest absolute Gasteiger partial charge is 0.136 e. The molecule has 0 fully saturated rings. The highest BCUT2D eigenvalue weighted by Crippen LogP contribution is 2.57. The minimum Gasteiger partial charge on any atom is -0.456 e. The van der Waals surface area contributed by atoms with Crippen LogP contribution in [0.2, 0.25) is 0 Å². The third kappa shape index (κ3) is 5.00. The van der Waals surface area contributed by atoms with Crippen LogP contribution in [0, 0.1) is 0 Å². The number of anilines is 3. The first kappa shape index (κ1) is 34.7. The molecule has 0 N–H and O–H groups in total. The Labute approximate surface area is 358 Å². The van der Waals surface area contributed by atoms with E-state index in [1.807, 2.05) is 12.1 Å². The number of para-hydroxylation sites is 2. The van der Waals surface area contributed by atoms with Gasteiger partial charge in [0.2, 0.25) is 0 Å². The van der Waals surface area contributed by atoms with E-state index in [2.05, 4.69) is 217 Å². The number of benzene rings is 10. The lowest BCUT2D eigenvalue weighted by Gasteiger charge is -2.35. The van der Waals surface area contributed by atoms with Crippen LogP contribution < -0.4 is 4.90 Å². The molecule has 0 spiro atoms. The van der Waals surface area contributed by atoms with E-state index in [0.29, 0.717) is 0 Å². The fraction of sp³-hybridized carbons (Fsp3) is 0.0169. The third-order valence-electron chi connectivity index (χ3n) is 13.1. The van der Waals surface area contributed by atoms with Gasteiger partial charge in [-0.3, -0.25) is 0 Å². The second kappa shape index (κ2) is 13.4. The first-order valence-corrected chi connectivity index (χ1v) is 21.2. The van der Waals surface area contributed by atoms with Gasteiger partial charge in [0.25, 0.3) is 0 Å². The molecular formula is C59H37NO2. The van der Waals surface area contributed by atoms with Gasteiger partial charge >= 0.3 is 0 Å². The molecule has 12 aromatic rings. The summed E-state index contributed by atoms with van der Waals surface area (Å²) in [6.07, 6.45) is 0. The van der Waals surface area contributed by atoms with E-state index in [9.17, 15) is 0 Å². The number of rotatable bonds is 6. The van der Waals surface area contributed by atoms with Gasteiger partial charge in [0.15, 0.2) is 0 Å². The summed E-state index contributed by atoms with van der Waals surface area (Å²) in [5.74, 6) is 0. The Kier molecular flexibility index (Phi) is 7.52. The summed E-state index contributed by atoms with van der Waals surface area (Å²) < 4.78 is 12.9. The van der Waals surface area contributed by atoms with Gasteiger partial charge < -0.3 is 13.7 Å². The molecule has 0 atom stereocenters. The van der Waals surface area contributed by atoms with Crippen LogP contribution in [0.5, 0.6) is 0 Å². The standard InChI is InChI=1S/C59H37NO2/c1-4-14-41(15-5-1)59(42-16-6-2-7-17-42)50-22-12-10-20-46(50)47-33-31-45(37-51(47)59)60(43-18-8-3-9-19-43)44-29-24-38(25-30-44)40-26-32-49-55(36-40)62-54-35-28-39-27-34-53-57(56(39)58(49)54)48-21-11-13-23-52(48)61-53/h1-37H. The normalized spacial score (nSPS) is 13.0. The first-order valence-electron chi connectivity index (χ1n) is 21.2. The molecule has 2 aromatic heterocycles. The molecule has 0 amide bonds. The van der Waals surface area contributed by atoms with Crippen LogP contribution >= 0.6 is 0 Å². The van der Waals surface area contributed by atoms with Crippen molar-refractivity contribution < 1.29 is 8.83 Å². The van der Waals surface area contributed by atoms with Crippen LogP contribution in [0.15, 0.2) is 233 Å². The van der Waals surface area contributed by atoms with Crippen molar-refractivity contribution in [1.29, 1.82) is 0 Å². The Morgan fingerprint density at radius 3 is 1.60 bits per heavy atom. The Morgan fingerprint density at radius 1 is 0.323 bits per heavy atom. The maximum atomic E-state index is 6.64. The number of fused-ring (bicyclic) bond motifs is 12. The molecule has 3 nitrogen and oxygen atoms in total. The molecule has 1 aliphatic rings. The highest BCUT2D eigenvalue weighted by Gasteiger charge is 2.46. The van der Waals surface area contributed by atoms with Gasteiger partial charge in [0.05, 0.1) is 5.41 Å². The zero-order valence-corrected chi connectivity index (χ0v) is 33.6. The van der Waals surface area contributed by atoms with E-state index in [4.69, 9.17) is 8.83 Å². The van der Waals surface area contributed by atoms with Crippen LogP contribution in [0.4, 0.5) is 17.1 Å². The summed E-state index contributed by atoms with van der Waals surface area (Å²) in [5.41, 5.74) is 16.1. The van der Waals surface area contributed by atoms with Crippen molar-refractivity contribution >= 4 is 71.7 Å². The molecule has 10 aromatic carbocycles. The molecule has 62 heavy (non-hydrogen) atoms. The molecule has 0 radical (unpaired) electrons. The summed E-state index contributed by atoms with van der Waals surface area (Å²) in [6, 6.07) is 81.0. The molecule has 0 saturated heterocycles. The summed E-state index contributed by atoms with van der Waals surface area (Å²) >= 11 is 0. The van der Waals surface area contributed by atoms with Crippen molar-refractivity contribution in [3.05, 3.63) is 247 Å². The van der Waals surface area contributed by atoms with Crippen molar-refractivity contribution in [2.45, 2.75) is 5.41 Å². The van der Waals surface area contributed by atoms with Crippen molar-refractivity contribution in [2.75, 3.05) is 4.90 Å². The van der Waals surface area contributed by atoms with Crippen molar-refractivity contribution in [2.24, 2.45) is 0 Å². The SMILES string of the molecule is c1ccc(N(c2ccc(-c3ccc4c(c3)oc3ccc5ccc6oc7ccccc7c6c5c34)cc2)c2ccc3c(c2)C(c2ccccc2)(c2ccccc2)c2ccccc2-3)cc1. The van der Waals surface area contributed by atoms with Crippen molar-refractivity contribution in [1.82, 2.24) is 0 Å². The lowest BCUT2D eigenvalue weighted by Crippen LogP contribution is -2.28. The van der Waals surface area contributed by atoms with Gasteiger partial charge in [-0.05, 0) is 117 Å². The molecule has 3 heteroatoms. The lowest BCUT2D eigenvalue weighted by molar-refractivity contribution is 0.669. The van der Waals surface area contributed by atoms with E-state index < -0.39 is 5.41 Å². The molecule has 0 saturated carbocycles. The zero-order chi connectivity index (χ0) is 40.8. The molecule has 2 heterocycles. The number of hydrogen-bond donors (Lipinski definition) is 0. The average Bonchev–Trinajstić information content (AvgIpc) is 4.01. The number of nitrogens with zero attached hydrogens (tertiary/aromatic N) is 1. The van der Waals surface area contributed by atoms with Gasteiger partial charge in [-0.15, -0.1) is 0 Å². The average molecular weight is 792 g/mol. The van der Waals surface area contributed by atoms with Crippen molar-refractivity contribution in [3.63, 3.8) is 0 Å². The molecule has 0 unspecified atom stereocenters. The fourth-order valence-corrected chi connectivity index (χ4v) is 10.5. The highest BCUT2D eigenvalue weighted by atomic mass is 16.3. The molecular weight excluding hydrogens is 755 g/mol. The molecule has 0 aliphatic heterocycles. The Hall–Kier alpha value is -8.14. The van der Waals surface area contributed by atoms with Gasteiger partial charge in [-0.2, -0.15) is 0 Å². The van der Waals surface area contributed by atoms with Gasteiger partial charge in [-0.1, -0.05) is 158 Å². The predicted molar refractivity (Wildman–Crippen MR) is 256 cm³/mol. The van der Waals surface area contributed by atoms with Crippen molar-refractivity contribution in [3.8, 4) is 22.3 Å². The Balaban J connectivity index is 0.940. The minimum atomic E-state index is -0.490. The molecule has 13 rings (SSSR count). The minimum absolute atomic E-state index is 0.490. The summed E-state index contributed by atoms with van der Waals surface area (Å²) in [6.45, 7) is 0. The predicted octanol–water partition coefficient (Wildman–Crippen LogP) is 16.1. The molecule has 0 bridgehead atoms. The van der Waals surface area contributed by atoms with Crippen LogP contribution in [0.1, 0.15) is 22.3 Å².